The van der Waals surface area contributed by atoms with Gasteiger partial charge < -0.3 is 10.6 Å². The smallest absolute Gasteiger partial charge is 0.305 e. The van der Waals surface area contributed by atoms with Gasteiger partial charge in [-0.1, -0.05) is 6.07 Å². The number of amides is 2. The van der Waals surface area contributed by atoms with Gasteiger partial charge in [0.2, 0.25) is 5.95 Å². The molecule has 7 nitrogen and oxygen atoms in total. The third-order valence-electron chi connectivity index (χ3n) is 3.14. The normalized spacial score (nSPS) is 10.5. The van der Waals surface area contributed by atoms with E-state index in [0.717, 1.165) is 12.1 Å². The number of halogens is 2. The maximum atomic E-state index is 13.5. The second kappa shape index (κ2) is 6.41. The number of nitrogens with zero attached hydrogens (tertiary/aromatic N) is 4. The van der Waals surface area contributed by atoms with Gasteiger partial charge in [0.15, 0.2) is 0 Å². The third-order valence-corrected chi connectivity index (χ3v) is 3.14. The first-order chi connectivity index (χ1) is 11.5. The number of aryl methyl sites for hydroxylation is 1. The summed E-state index contributed by atoms with van der Waals surface area (Å²) in [5.74, 6) is -0.640. The fraction of sp³-hybridized carbons (Fsp3) is 0.0667. The van der Waals surface area contributed by atoms with E-state index in [4.69, 9.17) is 0 Å². The second-order valence-electron chi connectivity index (χ2n) is 4.79. The van der Waals surface area contributed by atoms with Gasteiger partial charge in [-0.3, -0.25) is 4.57 Å². The lowest BCUT2D eigenvalue weighted by atomic mass is 10.3. The number of aromatic nitrogens is 4. The Labute approximate surface area is 135 Å². The quantitative estimate of drug-likeness (QED) is 0.773. The number of carbonyl (C=O) groups excluding carboxylic acids is 1. The van der Waals surface area contributed by atoms with E-state index in [0.29, 0.717) is 11.8 Å². The molecule has 2 aromatic heterocycles. The van der Waals surface area contributed by atoms with Gasteiger partial charge in [-0.15, -0.1) is 0 Å². The van der Waals surface area contributed by atoms with Crippen LogP contribution in [-0.2, 0) is 0 Å². The van der Waals surface area contributed by atoms with Crippen LogP contribution in [0.1, 0.15) is 5.82 Å². The van der Waals surface area contributed by atoms with Crippen molar-refractivity contribution in [3.8, 4) is 5.95 Å². The molecule has 0 spiro atoms. The van der Waals surface area contributed by atoms with E-state index in [-0.39, 0.29) is 5.69 Å². The van der Waals surface area contributed by atoms with Gasteiger partial charge in [0.05, 0.1) is 18.1 Å². The Morgan fingerprint density at radius 3 is 2.33 bits per heavy atom. The van der Waals surface area contributed by atoms with Crippen LogP contribution < -0.4 is 10.6 Å². The SMILES string of the molecule is Cc1nccn1-c1ncc(NC(=O)Nc2c(F)cccc2F)cn1. The number of para-hydroxylation sites is 1. The van der Waals surface area contributed by atoms with E-state index in [2.05, 4.69) is 25.6 Å². The van der Waals surface area contributed by atoms with Gasteiger partial charge in [0, 0.05) is 12.4 Å². The van der Waals surface area contributed by atoms with Crippen LogP contribution in [0.2, 0.25) is 0 Å². The predicted octanol–water partition coefficient (Wildman–Crippen LogP) is 2.89. The molecule has 0 saturated heterocycles. The molecule has 0 atom stereocenters. The summed E-state index contributed by atoms with van der Waals surface area (Å²) < 4.78 is 28.6. The first-order valence-corrected chi connectivity index (χ1v) is 6.89. The van der Waals surface area contributed by atoms with Crippen molar-refractivity contribution >= 4 is 17.4 Å². The highest BCUT2D eigenvalue weighted by molar-refractivity contribution is 5.99. The predicted molar refractivity (Wildman–Crippen MR) is 82.9 cm³/mol. The van der Waals surface area contributed by atoms with E-state index in [9.17, 15) is 13.6 Å². The van der Waals surface area contributed by atoms with Crippen LogP contribution in [0.25, 0.3) is 5.95 Å². The number of benzene rings is 1. The van der Waals surface area contributed by atoms with Crippen molar-refractivity contribution in [2.75, 3.05) is 10.6 Å². The topological polar surface area (TPSA) is 84.7 Å². The molecule has 2 N–H and O–H groups in total. The molecular weight excluding hydrogens is 318 g/mol. The maximum Gasteiger partial charge on any atom is 0.323 e. The zero-order valence-electron chi connectivity index (χ0n) is 12.5. The van der Waals surface area contributed by atoms with Crippen LogP contribution in [0, 0.1) is 18.6 Å². The molecule has 0 bridgehead atoms. The van der Waals surface area contributed by atoms with Crippen molar-refractivity contribution in [2.24, 2.45) is 0 Å². The Kier molecular flexibility index (Phi) is 4.15. The molecule has 0 aliphatic heterocycles. The summed E-state index contributed by atoms with van der Waals surface area (Å²) in [5, 5.41) is 4.51. The lowest BCUT2D eigenvalue weighted by Crippen LogP contribution is -2.21. The second-order valence-corrected chi connectivity index (χ2v) is 4.79. The molecule has 9 heteroatoms. The Balaban J connectivity index is 1.70. The summed E-state index contributed by atoms with van der Waals surface area (Å²) >= 11 is 0. The Bertz CT molecular complexity index is 858. The molecule has 24 heavy (non-hydrogen) atoms. The van der Waals surface area contributed by atoms with Gasteiger partial charge in [0.1, 0.15) is 23.1 Å². The highest BCUT2D eigenvalue weighted by Gasteiger charge is 2.12. The molecular formula is C15H12F2N6O. The Morgan fingerprint density at radius 1 is 1.08 bits per heavy atom. The number of carbonyl (C=O) groups is 1. The van der Waals surface area contributed by atoms with E-state index < -0.39 is 23.4 Å². The number of nitrogens with one attached hydrogen (secondary N) is 2. The van der Waals surface area contributed by atoms with Crippen molar-refractivity contribution in [2.45, 2.75) is 6.92 Å². The monoisotopic (exact) mass is 330 g/mol. The average Bonchev–Trinajstić information content (AvgIpc) is 2.98. The van der Waals surface area contributed by atoms with Crippen molar-refractivity contribution in [1.82, 2.24) is 19.5 Å². The zero-order valence-corrected chi connectivity index (χ0v) is 12.5. The minimum absolute atomic E-state index is 0.269. The number of hydrogen-bond donors (Lipinski definition) is 2. The van der Waals surface area contributed by atoms with Gasteiger partial charge in [-0.05, 0) is 19.1 Å². The summed E-state index contributed by atoms with van der Waals surface area (Å²) in [7, 11) is 0. The van der Waals surface area contributed by atoms with Crippen LogP contribution in [0.3, 0.4) is 0 Å². The molecule has 2 heterocycles. The summed E-state index contributed by atoms with van der Waals surface area (Å²) in [4.78, 5) is 24.1. The van der Waals surface area contributed by atoms with Gasteiger partial charge in [-0.25, -0.2) is 28.5 Å². The minimum atomic E-state index is -0.868. The van der Waals surface area contributed by atoms with Crippen molar-refractivity contribution in [3.63, 3.8) is 0 Å². The highest BCUT2D eigenvalue weighted by atomic mass is 19.1. The van der Waals surface area contributed by atoms with E-state index in [1.165, 1.54) is 18.5 Å². The molecule has 0 radical (unpaired) electrons. The number of hydrogen-bond acceptors (Lipinski definition) is 4. The molecule has 2 amide bonds. The van der Waals surface area contributed by atoms with Gasteiger partial charge in [0.25, 0.3) is 0 Å². The molecule has 3 rings (SSSR count). The van der Waals surface area contributed by atoms with E-state index in [1.54, 1.807) is 23.9 Å². The molecule has 0 unspecified atom stereocenters. The minimum Gasteiger partial charge on any atom is -0.305 e. The van der Waals surface area contributed by atoms with Crippen molar-refractivity contribution < 1.29 is 13.6 Å². The lowest BCUT2D eigenvalue weighted by molar-refractivity contribution is 0.262. The summed E-state index contributed by atoms with van der Waals surface area (Å²) in [6.07, 6.45) is 6.06. The average molecular weight is 330 g/mol. The maximum absolute atomic E-state index is 13.5. The van der Waals surface area contributed by atoms with Crippen LogP contribution >= 0.6 is 0 Å². The number of rotatable bonds is 3. The van der Waals surface area contributed by atoms with Crippen molar-refractivity contribution in [1.29, 1.82) is 0 Å². The van der Waals surface area contributed by atoms with Crippen LogP contribution in [0.15, 0.2) is 43.0 Å². The first kappa shape index (κ1) is 15.5. The molecule has 3 aromatic rings. The lowest BCUT2D eigenvalue weighted by Gasteiger charge is -2.09. The highest BCUT2D eigenvalue weighted by Crippen LogP contribution is 2.18. The van der Waals surface area contributed by atoms with Crippen LogP contribution in [0.5, 0.6) is 0 Å². The fourth-order valence-electron chi connectivity index (χ4n) is 1.99. The molecule has 1 aromatic carbocycles. The standard InChI is InChI=1S/C15H12F2N6O/c1-9-18-5-6-23(9)14-19-7-10(8-20-14)21-15(24)22-13-11(16)3-2-4-12(13)17/h2-8H,1H3,(H2,21,22,24). The van der Waals surface area contributed by atoms with E-state index >= 15 is 0 Å². The number of imidazole rings is 1. The largest absolute Gasteiger partial charge is 0.323 e. The molecule has 0 fully saturated rings. The fourth-order valence-corrected chi connectivity index (χ4v) is 1.99. The molecule has 0 saturated carbocycles. The molecule has 0 aliphatic rings. The van der Waals surface area contributed by atoms with E-state index in [1.807, 2.05) is 0 Å². The summed E-state index contributed by atoms with van der Waals surface area (Å²) in [6, 6.07) is 2.49. The van der Waals surface area contributed by atoms with Gasteiger partial charge in [-0.2, -0.15) is 0 Å². The van der Waals surface area contributed by atoms with Crippen molar-refractivity contribution in [3.05, 3.63) is 60.4 Å². The summed E-state index contributed by atoms with van der Waals surface area (Å²) in [5.41, 5.74) is -0.257. The first-order valence-electron chi connectivity index (χ1n) is 6.89. The van der Waals surface area contributed by atoms with Crippen LogP contribution in [0.4, 0.5) is 25.0 Å². The number of urea groups is 1. The third kappa shape index (κ3) is 3.19. The zero-order chi connectivity index (χ0) is 17.1. The summed E-state index contributed by atoms with van der Waals surface area (Å²) in [6.45, 7) is 1.80. The Morgan fingerprint density at radius 2 is 1.75 bits per heavy atom. The molecule has 122 valence electrons. The number of anilines is 2. The van der Waals surface area contributed by atoms with Crippen LogP contribution in [-0.4, -0.2) is 25.6 Å². The van der Waals surface area contributed by atoms with Gasteiger partial charge >= 0.3 is 6.03 Å². The Hall–Kier alpha value is -3.36. The molecule has 0 aliphatic carbocycles.